The monoisotopic (exact) mass is 572 g/mol. The molecule has 0 saturated carbocycles. The third kappa shape index (κ3) is 4.09. The maximum Gasteiger partial charge on any atom is 0.136 e. The van der Waals surface area contributed by atoms with Crippen LogP contribution in [0.25, 0.3) is 88.0 Å². The molecule has 0 aliphatic rings. The van der Waals surface area contributed by atoms with Gasteiger partial charge in [-0.25, -0.2) is 0 Å². The van der Waals surface area contributed by atoms with Gasteiger partial charge >= 0.3 is 0 Å². The number of hydrogen-bond donors (Lipinski definition) is 0. The lowest BCUT2D eigenvalue weighted by Gasteiger charge is -2.19. The molecule has 0 unspecified atom stereocenters. The van der Waals surface area contributed by atoms with Crippen LogP contribution < -0.4 is 0 Å². The van der Waals surface area contributed by atoms with E-state index in [1.54, 1.807) is 0 Å². The van der Waals surface area contributed by atoms with Crippen LogP contribution in [0.2, 0.25) is 0 Å². The maximum atomic E-state index is 6.41. The standard InChI is InChI=1S/C44H28O/c1-3-14-29(15-4-1)32-18-7-8-19-34(32)43-37-22-11-9-20-35(37)42(36-21-10-12-23-38(36)43)31-26-27-40-39(28-31)44-33(24-13-25-41(44)45-40)30-16-5-2-6-17-30/h1-28H. The van der Waals surface area contributed by atoms with Gasteiger partial charge in [0.05, 0.1) is 0 Å². The van der Waals surface area contributed by atoms with Crippen LogP contribution in [0.4, 0.5) is 0 Å². The lowest BCUT2D eigenvalue weighted by Crippen LogP contribution is -1.92. The highest BCUT2D eigenvalue weighted by atomic mass is 16.3. The first kappa shape index (κ1) is 25.6. The Morgan fingerprint density at radius 1 is 0.289 bits per heavy atom. The van der Waals surface area contributed by atoms with Crippen LogP contribution in [0.3, 0.4) is 0 Å². The molecule has 0 bridgehead atoms. The highest BCUT2D eigenvalue weighted by Gasteiger charge is 2.20. The van der Waals surface area contributed by atoms with E-state index in [1.807, 2.05) is 0 Å². The van der Waals surface area contributed by atoms with Gasteiger partial charge in [-0.3, -0.25) is 0 Å². The molecule has 0 atom stereocenters. The Labute approximate surface area is 261 Å². The van der Waals surface area contributed by atoms with Crippen molar-refractivity contribution in [1.29, 1.82) is 0 Å². The molecule has 0 N–H and O–H groups in total. The van der Waals surface area contributed by atoms with Crippen LogP contribution in [0.1, 0.15) is 0 Å². The van der Waals surface area contributed by atoms with E-state index in [9.17, 15) is 0 Å². The van der Waals surface area contributed by atoms with E-state index >= 15 is 0 Å². The largest absolute Gasteiger partial charge is 0.456 e. The summed E-state index contributed by atoms with van der Waals surface area (Å²) in [6.07, 6.45) is 0. The summed E-state index contributed by atoms with van der Waals surface area (Å²) in [5, 5.41) is 7.26. The minimum absolute atomic E-state index is 0.902. The fourth-order valence-corrected chi connectivity index (χ4v) is 7.14. The molecule has 9 aromatic rings. The van der Waals surface area contributed by atoms with Gasteiger partial charge in [0, 0.05) is 10.8 Å². The summed E-state index contributed by atoms with van der Waals surface area (Å²) in [4.78, 5) is 0. The van der Waals surface area contributed by atoms with Crippen molar-refractivity contribution in [3.63, 3.8) is 0 Å². The van der Waals surface area contributed by atoms with Crippen molar-refractivity contribution in [2.45, 2.75) is 0 Å². The minimum atomic E-state index is 0.902. The van der Waals surface area contributed by atoms with Gasteiger partial charge in [0.15, 0.2) is 0 Å². The molecule has 0 aliphatic heterocycles. The topological polar surface area (TPSA) is 13.1 Å². The van der Waals surface area contributed by atoms with Crippen LogP contribution in [0.5, 0.6) is 0 Å². The molecule has 0 spiro atoms. The third-order valence-corrected chi connectivity index (χ3v) is 9.08. The predicted octanol–water partition coefficient (Wildman–Crippen LogP) is 12.6. The molecule has 0 saturated heterocycles. The predicted molar refractivity (Wildman–Crippen MR) is 190 cm³/mol. The number of rotatable bonds is 4. The van der Waals surface area contributed by atoms with Gasteiger partial charge in [0.1, 0.15) is 11.2 Å². The molecule has 1 heteroatoms. The molecular weight excluding hydrogens is 544 g/mol. The average molecular weight is 573 g/mol. The molecule has 45 heavy (non-hydrogen) atoms. The van der Waals surface area contributed by atoms with Gasteiger partial charge in [0.2, 0.25) is 0 Å². The number of hydrogen-bond acceptors (Lipinski definition) is 1. The summed E-state index contributed by atoms with van der Waals surface area (Å²) in [6.45, 7) is 0. The molecule has 1 nitrogen and oxygen atoms in total. The number of fused-ring (bicyclic) bond motifs is 5. The Morgan fingerprint density at radius 3 is 1.44 bits per heavy atom. The van der Waals surface area contributed by atoms with Gasteiger partial charge in [0.25, 0.3) is 0 Å². The van der Waals surface area contributed by atoms with Crippen molar-refractivity contribution in [1.82, 2.24) is 0 Å². The zero-order chi connectivity index (χ0) is 29.7. The Hall–Kier alpha value is -5.92. The van der Waals surface area contributed by atoms with Crippen molar-refractivity contribution >= 4 is 43.5 Å². The van der Waals surface area contributed by atoms with E-state index in [0.717, 1.165) is 21.9 Å². The molecule has 210 valence electrons. The fraction of sp³-hybridized carbons (Fsp3) is 0. The maximum absolute atomic E-state index is 6.41. The Balaban J connectivity index is 1.36. The van der Waals surface area contributed by atoms with Crippen LogP contribution in [-0.2, 0) is 0 Å². The van der Waals surface area contributed by atoms with Crippen molar-refractivity contribution in [2.75, 3.05) is 0 Å². The minimum Gasteiger partial charge on any atom is -0.456 e. The normalized spacial score (nSPS) is 11.6. The van der Waals surface area contributed by atoms with Crippen molar-refractivity contribution in [2.24, 2.45) is 0 Å². The molecule has 9 rings (SSSR count). The Morgan fingerprint density at radius 2 is 0.800 bits per heavy atom. The van der Waals surface area contributed by atoms with Crippen LogP contribution in [-0.4, -0.2) is 0 Å². The molecule has 8 aromatic carbocycles. The second kappa shape index (κ2) is 10.4. The molecule has 1 heterocycles. The molecule has 0 aliphatic carbocycles. The zero-order valence-corrected chi connectivity index (χ0v) is 24.6. The Bertz CT molecular complexity index is 2460. The summed E-state index contributed by atoms with van der Waals surface area (Å²) in [5.41, 5.74) is 11.6. The summed E-state index contributed by atoms with van der Waals surface area (Å²) in [7, 11) is 0. The zero-order valence-electron chi connectivity index (χ0n) is 24.6. The Kier molecular flexibility index (Phi) is 5.89. The average Bonchev–Trinajstić information content (AvgIpc) is 3.49. The quantitative estimate of drug-likeness (QED) is 0.191. The van der Waals surface area contributed by atoms with Crippen molar-refractivity contribution in [3.8, 4) is 44.5 Å². The first-order valence-corrected chi connectivity index (χ1v) is 15.4. The highest BCUT2D eigenvalue weighted by Crippen LogP contribution is 2.47. The van der Waals surface area contributed by atoms with Crippen LogP contribution in [0.15, 0.2) is 174 Å². The lowest BCUT2D eigenvalue weighted by atomic mass is 9.83. The van der Waals surface area contributed by atoms with Gasteiger partial charge in [-0.05, 0) is 84.3 Å². The number of furan rings is 1. The van der Waals surface area contributed by atoms with E-state index in [2.05, 4.69) is 170 Å². The first-order valence-electron chi connectivity index (χ1n) is 15.4. The second-order valence-corrected chi connectivity index (χ2v) is 11.6. The smallest absolute Gasteiger partial charge is 0.136 e. The van der Waals surface area contributed by atoms with Crippen LogP contribution >= 0.6 is 0 Å². The first-order chi connectivity index (χ1) is 22.3. The molecule has 1 aromatic heterocycles. The van der Waals surface area contributed by atoms with Gasteiger partial charge < -0.3 is 4.42 Å². The molecule has 0 radical (unpaired) electrons. The van der Waals surface area contributed by atoms with Gasteiger partial charge in [-0.15, -0.1) is 0 Å². The molecular formula is C44H28O. The fourth-order valence-electron chi connectivity index (χ4n) is 7.14. The summed E-state index contributed by atoms with van der Waals surface area (Å²) >= 11 is 0. The van der Waals surface area contributed by atoms with Crippen LogP contribution in [0, 0.1) is 0 Å². The van der Waals surface area contributed by atoms with Crippen molar-refractivity contribution in [3.05, 3.63) is 170 Å². The second-order valence-electron chi connectivity index (χ2n) is 11.6. The third-order valence-electron chi connectivity index (χ3n) is 9.08. The summed E-state index contributed by atoms with van der Waals surface area (Å²) in [6, 6.07) is 60.9. The molecule has 0 amide bonds. The summed E-state index contributed by atoms with van der Waals surface area (Å²) < 4.78 is 6.41. The number of benzene rings is 8. The van der Waals surface area contributed by atoms with E-state index in [-0.39, 0.29) is 0 Å². The lowest BCUT2D eigenvalue weighted by molar-refractivity contribution is 0.669. The highest BCUT2D eigenvalue weighted by molar-refractivity contribution is 6.23. The van der Waals surface area contributed by atoms with Gasteiger partial charge in [-0.2, -0.15) is 0 Å². The van der Waals surface area contributed by atoms with E-state index in [1.165, 1.54) is 66.1 Å². The van der Waals surface area contributed by atoms with Gasteiger partial charge in [-0.1, -0.05) is 152 Å². The van der Waals surface area contributed by atoms with E-state index in [0.29, 0.717) is 0 Å². The molecule has 0 fully saturated rings. The van der Waals surface area contributed by atoms with E-state index < -0.39 is 0 Å². The van der Waals surface area contributed by atoms with E-state index in [4.69, 9.17) is 4.42 Å². The SMILES string of the molecule is c1ccc(-c2ccccc2-c2c3ccccc3c(-c3ccc4oc5cccc(-c6ccccc6)c5c4c3)c3ccccc23)cc1. The summed E-state index contributed by atoms with van der Waals surface area (Å²) in [5.74, 6) is 0. The van der Waals surface area contributed by atoms with Crippen molar-refractivity contribution < 1.29 is 4.42 Å².